The molecule has 0 amide bonds. The highest BCUT2D eigenvalue weighted by molar-refractivity contribution is 5.15. The first-order chi connectivity index (χ1) is 6.77. The van der Waals surface area contributed by atoms with Gasteiger partial charge >= 0.3 is 0 Å². The zero-order valence-corrected chi connectivity index (χ0v) is 8.20. The maximum absolute atomic E-state index is 6.04. The van der Waals surface area contributed by atoms with Crippen molar-refractivity contribution in [2.24, 2.45) is 5.73 Å². The van der Waals surface area contributed by atoms with Gasteiger partial charge in [0.25, 0.3) is 0 Å². The lowest BCUT2D eigenvalue weighted by Gasteiger charge is -2.07. The maximum Gasteiger partial charge on any atom is 0.214 e. The minimum Gasteiger partial charge on any atom is -0.476 e. The summed E-state index contributed by atoms with van der Waals surface area (Å²) in [6.45, 7) is 1.74. The molecule has 2 heterocycles. The van der Waals surface area contributed by atoms with Crippen molar-refractivity contribution in [2.75, 3.05) is 6.61 Å². The van der Waals surface area contributed by atoms with E-state index in [1.165, 1.54) is 12.8 Å². The third-order valence-corrected chi connectivity index (χ3v) is 3.21. The van der Waals surface area contributed by atoms with E-state index in [4.69, 9.17) is 10.5 Å². The lowest BCUT2D eigenvalue weighted by atomic mass is 10.1. The minimum absolute atomic E-state index is 0.131. The van der Waals surface area contributed by atoms with Crippen molar-refractivity contribution in [2.45, 2.75) is 37.8 Å². The van der Waals surface area contributed by atoms with E-state index in [1.807, 2.05) is 6.20 Å². The number of ether oxygens (including phenoxy) is 1. The van der Waals surface area contributed by atoms with Gasteiger partial charge in [0.1, 0.15) is 12.4 Å². The third-order valence-electron chi connectivity index (χ3n) is 3.21. The van der Waals surface area contributed by atoms with E-state index in [2.05, 4.69) is 9.55 Å². The summed E-state index contributed by atoms with van der Waals surface area (Å²) in [5, 5.41) is 0. The van der Waals surface area contributed by atoms with Crippen molar-refractivity contribution in [1.29, 1.82) is 0 Å². The second-order valence-electron chi connectivity index (χ2n) is 4.38. The molecule has 2 aliphatic rings. The van der Waals surface area contributed by atoms with Crippen molar-refractivity contribution in [3.05, 3.63) is 12.0 Å². The van der Waals surface area contributed by atoms with Gasteiger partial charge in [0.05, 0.1) is 12.7 Å². The number of nitrogens with two attached hydrogens (primary N) is 1. The predicted molar refractivity (Wildman–Crippen MR) is 52.2 cm³/mol. The Kier molecular flexibility index (Phi) is 1.62. The molecule has 0 atom stereocenters. The van der Waals surface area contributed by atoms with Gasteiger partial charge < -0.3 is 10.5 Å². The van der Waals surface area contributed by atoms with Gasteiger partial charge in [-0.3, -0.25) is 4.57 Å². The molecule has 0 radical (unpaired) electrons. The average molecular weight is 193 g/mol. The van der Waals surface area contributed by atoms with Crippen LogP contribution >= 0.6 is 0 Å². The van der Waals surface area contributed by atoms with Crippen LogP contribution in [0.15, 0.2) is 6.20 Å². The predicted octanol–water partition coefficient (Wildman–Crippen LogP) is 0.699. The summed E-state index contributed by atoms with van der Waals surface area (Å²) in [7, 11) is 0. The third kappa shape index (κ3) is 1.30. The molecule has 0 saturated heterocycles. The second-order valence-corrected chi connectivity index (χ2v) is 4.38. The van der Waals surface area contributed by atoms with E-state index in [9.17, 15) is 0 Å². The van der Waals surface area contributed by atoms with Crippen molar-refractivity contribution in [3.8, 4) is 5.88 Å². The zero-order valence-electron chi connectivity index (χ0n) is 8.20. The van der Waals surface area contributed by atoms with Gasteiger partial charge in [0.2, 0.25) is 5.88 Å². The smallest absolute Gasteiger partial charge is 0.214 e. The Morgan fingerprint density at radius 1 is 1.57 bits per heavy atom. The molecule has 0 aromatic carbocycles. The summed E-state index contributed by atoms with van der Waals surface area (Å²) in [5.74, 6) is 2.05. The Hall–Kier alpha value is -1.03. The van der Waals surface area contributed by atoms with E-state index in [0.717, 1.165) is 37.7 Å². The van der Waals surface area contributed by atoms with Crippen LogP contribution in [-0.2, 0) is 13.0 Å². The standard InChI is InChI=1S/C10H15N3O/c11-10(3-4-10)2-1-8-12-7-9-13(8)5-6-14-9/h7H,1-6,11H2. The lowest BCUT2D eigenvalue weighted by molar-refractivity contribution is 0.355. The molecule has 14 heavy (non-hydrogen) atoms. The van der Waals surface area contributed by atoms with Crippen molar-refractivity contribution in [3.63, 3.8) is 0 Å². The number of aromatic nitrogens is 2. The van der Waals surface area contributed by atoms with Gasteiger partial charge in [0.15, 0.2) is 0 Å². The molecule has 2 N–H and O–H groups in total. The summed E-state index contributed by atoms with van der Waals surface area (Å²) in [5.41, 5.74) is 6.17. The average Bonchev–Trinajstić information content (AvgIpc) is 2.65. The molecule has 1 aliphatic heterocycles. The van der Waals surface area contributed by atoms with Gasteiger partial charge in [-0.2, -0.15) is 0 Å². The molecule has 4 nitrogen and oxygen atoms in total. The second kappa shape index (κ2) is 2.73. The molecule has 1 saturated carbocycles. The number of rotatable bonds is 3. The quantitative estimate of drug-likeness (QED) is 0.768. The normalized spacial score (nSPS) is 21.8. The fourth-order valence-corrected chi connectivity index (χ4v) is 1.96. The Morgan fingerprint density at radius 2 is 2.43 bits per heavy atom. The molecule has 3 rings (SSSR count). The van der Waals surface area contributed by atoms with Crippen LogP contribution in [0.25, 0.3) is 0 Å². The molecular weight excluding hydrogens is 178 g/mol. The molecule has 76 valence electrons. The Bertz CT molecular complexity index is 354. The van der Waals surface area contributed by atoms with Crippen LogP contribution in [0.1, 0.15) is 25.1 Å². The maximum atomic E-state index is 6.04. The van der Waals surface area contributed by atoms with E-state index < -0.39 is 0 Å². The van der Waals surface area contributed by atoms with Gasteiger partial charge in [-0.05, 0) is 19.3 Å². The number of nitrogens with zero attached hydrogens (tertiary/aromatic N) is 2. The van der Waals surface area contributed by atoms with Crippen LogP contribution in [0.2, 0.25) is 0 Å². The Balaban J connectivity index is 1.71. The molecule has 1 aliphatic carbocycles. The Morgan fingerprint density at radius 3 is 3.21 bits per heavy atom. The molecule has 1 fully saturated rings. The fraction of sp³-hybridized carbons (Fsp3) is 0.700. The number of imidazole rings is 1. The fourth-order valence-electron chi connectivity index (χ4n) is 1.96. The van der Waals surface area contributed by atoms with Crippen LogP contribution < -0.4 is 10.5 Å². The SMILES string of the molecule is NC1(CCc2ncc3n2CCO3)CC1. The largest absolute Gasteiger partial charge is 0.476 e. The monoisotopic (exact) mass is 193 g/mol. The highest BCUT2D eigenvalue weighted by atomic mass is 16.5. The van der Waals surface area contributed by atoms with Gasteiger partial charge in [-0.1, -0.05) is 0 Å². The van der Waals surface area contributed by atoms with Crippen LogP contribution in [0.4, 0.5) is 0 Å². The van der Waals surface area contributed by atoms with Crippen molar-refractivity contribution < 1.29 is 4.74 Å². The molecule has 4 heteroatoms. The van der Waals surface area contributed by atoms with E-state index in [1.54, 1.807) is 0 Å². The molecule has 1 aromatic rings. The molecule has 0 bridgehead atoms. The van der Waals surface area contributed by atoms with Gasteiger partial charge in [-0.15, -0.1) is 0 Å². The molecular formula is C10H15N3O. The number of hydrogen-bond acceptors (Lipinski definition) is 3. The van der Waals surface area contributed by atoms with Crippen molar-refractivity contribution >= 4 is 0 Å². The van der Waals surface area contributed by atoms with Crippen molar-refractivity contribution in [1.82, 2.24) is 9.55 Å². The minimum atomic E-state index is 0.131. The molecule has 0 spiro atoms. The highest BCUT2D eigenvalue weighted by Gasteiger charge is 2.37. The number of hydrogen-bond donors (Lipinski definition) is 1. The van der Waals surface area contributed by atoms with Gasteiger partial charge in [0, 0.05) is 12.0 Å². The number of aryl methyl sites for hydroxylation is 1. The highest BCUT2D eigenvalue weighted by Crippen LogP contribution is 2.36. The van der Waals surface area contributed by atoms with E-state index in [0.29, 0.717) is 0 Å². The summed E-state index contributed by atoms with van der Waals surface area (Å²) >= 11 is 0. The first kappa shape index (κ1) is 8.29. The van der Waals surface area contributed by atoms with Gasteiger partial charge in [-0.25, -0.2) is 4.98 Å². The summed E-state index contributed by atoms with van der Waals surface area (Å²) < 4.78 is 7.55. The Labute approximate surface area is 83.1 Å². The van der Waals surface area contributed by atoms with Crippen LogP contribution in [0.5, 0.6) is 5.88 Å². The zero-order chi connectivity index (χ0) is 9.60. The lowest BCUT2D eigenvalue weighted by Crippen LogP contribution is -2.22. The summed E-state index contributed by atoms with van der Waals surface area (Å²) in [4.78, 5) is 4.35. The molecule has 0 unspecified atom stereocenters. The van der Waals surface area contributed by atoms with Crippen LogP contribution in [-0.4, -0.2) is 21.7 Å². The summed E-state index contributed by atoms with van der Waals surface area (Å²) in [6, 6.07) is 0. The van der Waals surface area contributed by atoms with E-state index in [-0.39, 0.29) is 5.54 Å². The summed E-state index contributed by atoms with van der Waals surface area (Å²) in [6.07, 6.45) is 6.22. The molecule has 1 aromatic heterocycles. The first-order valence-corrected chi connectivity index (χ1v) is 5.23. The topological polar surface area (TPSA) is 53.1 Å². The van der Waals surface area contributed by atoms with Crippen LogP contribution in [0.3, 0.4) is 0 Å². The van der Waals surface area contributed by atoms with Crippen LogP contribution in [0, 0.1) is 0 Å². The van der Waals surface area contributed by atoms with E-state index >= 15 is 0 Å². The first-order valence-electron chi connectivity index (χ1n) is 5.23. The number of fused-ring (bicyclic) bond motifs is 1.